The Labute approximate surface area is 179 Å². The zero-order chi connectivity index (χ0) is 21.8. The summed E-state index contributed by atoms with van der Waals surface area (Å²) in [5.74, 6) is -0.0585. The summed E-state index contributed by atoms with van der Waals surface area (Å²) in [7, 11) is 1.56. The van der Waals surface area contributed by atoms with E-state index >= 15 is 0 Å². The fourth-order valence-electron chi connectivity index (χ4n) is 3.84. The molecule has 3 heterocycles. The quantitative estimate of drug-likeness (QED) is 0.697. The number of methoxy groups -OCH3 is 1. The van der Waals surface area contributed by atoms with Crippen molar-refractivity contribution in [3.63, 3.8) is 0 Å². The Morgan fingerprint density at radius 3 is 2.74 bits per heavy atom. The van der Waals surface area contributed by atoms with E-state index in [1.807, 2.05) is 18.2 Å². The van der Waals surface area contributed by atoms with Crippen molar-refractivity contribution in [1.82, 2.24) is 19.8 Å². The molecule has 164 valence electrons. The highest BCUT2D eigenvalue weighted by atomic mass is 19.1. The normalized spacial score (nSPS) is 19.0. The molecule has 31 heavy (non-hydrogen) atoms. The van der Waals surface area contributed by atoms with Gasteiger partial charge in [0.05, 0.1) is 31.7 Å². The number of carbonyl (C=O) groups is 2. The third-order valence-electron chi connectivity index (χ3n) is 5.40. The van der Waals surface area contributed by atoms with E-state index in [1.54, 1.807) is 27.9 Å². The SMILES string of the molecule is COc1ccccc1N1CCN(CC(=O)N2CCCC(Oc3ncc(F)cn3)C2)C1=O. The Kier molecular flexibility index (Phi) is 6.15. The maximum absolute atomic E-state index is 13.0. The number of rotatable bonds is 6. The molecule has 2 aliphatic heterocycles. The van der Waals surface area contributed by atoms with Gasteiger partial charge in [0.15, 0.2) is 5.82 Å². The highest BCUT2D eigenvalue weighted by molar-refractivity contribution is 5.97. The van der Waals surface area contributed by atoms with Gasteiger partial charge >= 0.3 is 12.0 Å². The summed E-state index contributed by atoms with van der Waals surface area (Å²) in [6.07, 6.45) is 3.32. The molecular formula is C21H24FN5O4. The average molecular weight is 429 g/mol. The monoisotopic (exact) mass is 429 g/mol. The van der Waals surface area contributed by atoms with Crippen molar-refractivity contribution in [3.8, 4) is 11.8 Å². The lowest BCUT2D eigenvalue weighted by atomic mass is 10.1. The molecule has 4 rings (SSSR count). The van der Waals surface area contributed by atoms with Crippen LogP contribution < -0.4 is 14.4 Å². The second kappa shape index (κ2) is 9.15. The van der Waals surface area contributed by atoms with Crippen molar-refractivity contribution in [2.75, 3.05) is 44.7 Å². The highest BCUT2D eigenvalue weighted by Crippen LogP contribution is 2.30. The van der Waals surface area contributed by atoms with Crippen LogP contribution in [-0.4, -0.2) is 77.6 Å². The molecule has 0 radical (unpaired) electrons. The molecule has 3 amide bonds. The van der Waals surface area contributed by atoms with E-state index in [-0.39, 0.29) is 30.6 Å². The predicted octanol–water partition coefficient (Wildman–Crippen LogP) is 1.94. The summed E-state index contributed by atoms with van der Waals surface area (Å²) in [5, 5.41) is 0. The number of hydrogen-bond acceptors (Lipinski definition) is 6. The molecule has 2 aromatic rings. The van der Waals surface area contributed by atoms with E-state index in [0.717, 1.165) is 25.2 Å². The van der Waals surface area contributed by atoms with E-state index in [2.05, 4.69) is 9.97 Å². The number of amides is 3. The number of halogens is 1. The summed E-state index contributed by atoms with van der Waals surface area (Å²) < 4.78 is 24.0. The van der Waals surface area contributed by atoms with Crippen LogP contribution in [0.4, 0.5) is 14.9 Å². The number of benzene rings is 1. The number of aromatic nitrogens is 2. The van der Waals surface area contributed by atoms with Crippen molar-refractivity contribution in [2.45, 2.75) is 18.9 Å². The van der Waals surface area contributed by atoms with Crippen LogP contribution >= 0.6 is 0 Å². The van der Waals surface area contributed by atoms with Gasteiger partial charge in [0.1, 0.15) is 18.4 Å². The smallest absolute Gasteiger partial charge is 0.325 e. The number of para-hydroxylation sites is 2. The van der Waals surface area contributed by atoms with Crippen molar-refractivity contribution in [2.24, 2.45) is 0 Å². The molecule has 2 fully saturated rings. The zero-order valence-corrected chi connectivity index (χ0v) is 17.2. The lowest BCUT2D eigenvalue weighted by Crippen LogP contribution is -2.48. The van der Waals surface area contributed by atoms with Crippen LogP contribution in [0.1, 0.15) is 12.8 Å². The fraction of sp³-hybridized carbons (Fsp3) is 0.429. The molecule has 0 saturated carbocycles. The molecule has 0 aliphatic carbocycles. The van der Waals surface area contributed by atoms with Gasteiger partial charge in [-0.05, 0) is 25.0 Å². The molecule has 0 N–H and O–H groups in total. The molecular weight excluding hydrogens is 405 g/mol. The number of hydrogen-bond donors (Lipinski definition) is 0. The van der Waals surface area contributed by atoms with Crippen LogP contribution in [0.2, 0.25) is 0 Å². The Hall–Kier alpha value is -3.43. The lowest BCUT2D eigenvalue weighted by Gasteiger charge is -2.33. The van der Waals surface area contributed by atoms with Gasteiger partial charge < -0.3 is 19.3 Å². The maximum atomic E-state index is 13.0. The summed E-state index contributed by atoms with van der Waals surface area (Å²) in [4.78, 5) is 38.2. The third-order valence-corrected chi connectivity index (χ3v) is 5.40. The first-order valence-corrected chi connectivity index (χ1v) is 10.2. The van der Waals surface area contributed by atoms with Crippen LogP contribution in [-0.2, 0) is 4.79 Å². The number of likely N-dealkylation sites (tertiary alicyclic amines) is 1. The lowest BCUT2D eigenvalue weighted by molar-refractivity contribution is -0.134. The highest BCUT2D eigenvalue weighted by Gasteiger charge is 2.34. The number of nitrogens with zero attached hydrogens (tertiary/aromatic N) is 5. The van der Waals surface area contributed by atoms with Crippen LogP contribution in [0.15, 0.2) is 36.7 Å². The van der Waals surface area contributed by atoms with Crippen LogP contribution in [0.3, 0.4) is 0 Å². The van der Waals surface area contributed by atoms with Crippen LogP contribution in [0, 0.1) is 5.82 Å². The van der Waals surface area contributed by atoms with E-state index in [1.165, 1.54) is 0 Å². The number of carbonyl (C=O) groups excluding carboxylic acids is 2. The van der Waals surface area contributed by atoms with Gasteiger partial charge in [-0.2, -0.15) is 0 Å². The van der Waals surface area contributed by atoms with Crippen molar-refractivity contribution in [1.29, 1.82) is 0 Å². The summed E-state index contributed by atoms with van der Waals surface area (Å²) in [5.41, 5.74) is 0.690. The molecule has 0 spiro atoms. The molecule has 1 atom stereocenters. The Bertz CT molecular complexity index is 942. The van der Waals surface area contributed by atoms with Gasteiger partial charge in [-0.3, -0.25) is 9.69 Å². The minimum atomic E-state index is -0.537. The average Bonchev–Trinajstić information content (AvgIpc) is 3.15. The minimum Gasteiger partial charge on any atom is -0.495 e. The number of anilines is 1. The van der Waals surface area contributed by atoms with Gasteiger partial charge in [-0.1, -0.05) is 12.1 Å². The fourth-order valence-corrected chi connectivity index (χ4v) is 3.84. The molecule has 2 saturated heterocycles. The predicted molar refractivity (Wildman–Crippen MR) is 110 cm³/mol. The van der Waals surface area contributed by atoms with Gasteiger partial charge in [-0.15, -0.1) is 0 Å². The van der Waals surface area contributed by atoms with Gasteiger partial charge in [0.25, 0.3) is 0 Å². The maximum Gasteiger partial charge on any atom is 0.325 e. The summed E-state index contributed by atoms with van der Waals surface area (Å²) in [6, 6.07) is 7.18. The van der Waals surface area contributed by atoms with Gasteiger partial charge in [0.2, 0.25) is 5.91 Å². The molecule has 1 aromatic carbocycles. The van der Waals surface area contributed by atoms with E-state index in [9.17, 15) is 14.0 Å². The first-order valence-electron chi connectivity index (χ1n) is 10.2. The number of piperidine rings is 1. The van der Waals surface area contributed by atoms with Gasteiger partial charge in [0, 0.05) is 19.6 Å². The number of ether oxygens (including phenoxy) is 2. The van der Waals surface area contributed by atoms with E-state index in [4.69, 9.17) is 9.47 Å². The molecule has 9 nitrogen and oxygen atoms in total. The molecule has 2 aliphatic rings. The Balaban J connectivity index is 1.34. The molecule has 0 bridgehead atoms. The van der Waals surface area contributed by atoms with E-state index in [0.29, 0.717) is 37.6 Å². The van der Waals surface area contributed by atoms with Crippen LogP contribution in [0.5, 0.6) is 11.8 Å². The third kappa shape index (κ3) is 4.68. The second-order valence-corrected chi connectivity index (χ2v) is 7.43. The van der Waals surface area contributed by atoms with Crippen LogP contribution in [0.25, 0.3) is 0 Å². The largest absolute Gasteiger partial charge is 0.495 e. The number of urea groups is 1. The zero-order valence-electron chi connectivity index (χ0n) is 17.2. The van der Waals surface area contributed by atoms with E-state index < -0.39 is 5.82 Å². The summed E-state index contributed by atoms with van der Waals surface area (Å²) >= 11 is 0. The summed E-state index contributed by atoms with van der Waals surface area (Å²) in [6.45, 7) is 1.92. The van der Waals surface area contributed by atoms with Gasteiger partial charge in [-0.25, -0.2) is 19.2 Å². The minimum absolute atomic E-state index is 0.00422. The second-order valence-electron chi connectivity index (χ2n) is 7.43. The van der Waals surface area contributed by atoms with Crippen molar-refractivity contribution < 1.29 is 23.5 Å². The Morgan fingerprint density at radius 1 is 1.19 bits per heavy atom. The molecule has 1 unspecified atom stereocenters. The molecule has 1 aromatic heterocycles. The topological polar surface area (TPSA) is 88.1 Å². The Morgan fingerprint density at radius 2 is 1.97 bits per heavy atom. The standard InChI is InChI=1S/C21H24FN5O4/c1-30-18-7-3-2-6-17(18)27-10-9-26(21(27)29)14-19(28)25-8-4-5-16(13-25)31-20-23-11-15(22)12-24-20/h2-3,6-7,11-12,16H,4-5,8-10,13-14H2,1H3. The van der Waals surface area contributed by atoms with Crippen molar-refractivity contribution >= 4 is 17.6 Å². The molecule has 10 heteroatoms. The van der Waals surface area contributed by atoms with Crippen molar-refractivity contribution in [3.05, 3.63) is 42.5 Å². The first kappa shape index (κ1) is 20.8. The first-order chi connectivity index (χ1) is 15.0.